The van der Waals surface area contributed by atoms with E-state index >= 15 is 0 Å². The molecule has 4 nitrogen and oxygen atoms in total. The molecule has 0 spiro atoms. The summed E-state index contributed by atoms with van der Waals surface area (Å²) in [6.07, 6.45) is 9.33. The van der Waals surface area contributed by atoms with Gasteiger partial charge in [-0.15, -0.1) is 0 Å². The van der Waals surface area contributed by atoms with Crippen LogP contribution in [0.25, 0.3) is 0 Å². The lowest BCUT2D eigenvalue weighted by Crippen LogP contribution is -2.36. The Labute approximate surface area is 130 Å². The lowest BCUT2D eigenvalue weighted by molar-refractivity contribution is -0.138. The maximum Gasteiger partial charge on any atom is 0.330 e. The molecular formula is C17H33NO3. The first kappa shape index (κ1) is 20.1. The topological polar surface area (TPSA) is 49.8 Å². The van der Waals surface area contributed by atoms with Crippen LogP contribution in [0.5, 0.6) is 0 Å². The van der Waals surface area contributed by atoms with Gasteiger partial charge < -0.3 is 9.84 Å². The molecule has 1 N–H and O–H groups in total. The second kappa shape index (κ2) is 14.1. The molecule has 0 radical (unpaired) electrons. The molecular weight excluding hydrogens is 266 g/mol. The molecule has 0 aliphatic rings. The fourth-order valence-electron chi connectivity index (χ4n) is 2.15. The van der Waals surface area contributed by atoms with Gasteiger partial charge in [-0.2, -0.15) is 0 Å². The number of carbonyl (C=O) groups is 1. The van der Waals surface area contributed by atoms with Gasteiger partial charge in [0.1, 0.15) is 6.61 Å². The lowest BCUT2D eigenvalue weighted by Gasteiger charge is -2.24. The van der Waals surface area contributed by atoms with Gasteiger partial charge in [0.05, 0.1) is 6.10 Å². The fraction of sp³-hybridized carbons (Fsp3) is 0.824. The summed E-state index contributed by atoms with van der Waals surface area (Å²) in [6.45, 7) is 8.80. The van der Waals surface area contributed by atoms with Crippen molar-refractivity contribution in [2.75, 3.05) is 26.2 Å². The third-order valence-corrected chi connectivity index (χ3v) is 3.39. The van der Waals surface area contributed by atoms with Crippen LogP contribution in [0.4, 0.5) is 0 Å². The van der Waals surface area contributed by atoms with Crippen molar-refractivity contribution in [2.45, 2.75) is 65.4 Å². The summed E-state index contributed by atoms with van der Waals surface area (Å²) in [7, 11) is 0. The molecule has 1 unspecified atom stereocenters. The van der Waals surface area contributed by atoms with Gasteiger partial charge in [0.2, 0.25) is 0 Å². The zero-order valence-corrected chi connectivity index (χ0v) is 14.0. The number of ether oxygens (including phenoxy) is 1. The van der Waals surface area contributed by atoms with Crippen LogP contribution in [0.15, 0.2) is 12.2 Å². The maximum atomic E-state index is 11.3. The van der Waals surface area contributed by atoms with Crippen molar-refractivity contribution in [1.82, 2.24) is 4.90 Å². The van der Waals surface area contributed by atoms with Crippen LogP contribution in [0.3, 0.4) is 0 Å². The largest absolute Gasteiger partial charge is 0.461 e. The second-order valence-corrected chi connectivity index (χ2v) is 5.47. The van der Waals surface area contributed by atoms with Crippen LogP contribution in [-0.2, 0) is 9.53 Å². The number of carbonyl (C=O) groups excluding carboxylic acids is 1. The number of aliphatic hydroxyl groups is 1. The van der Waals surface area contributed by atoms with Gasteiger partial charge in [-0.1, -0.05) is 45.6 Å². The van der Waals surface area contributed by atoms with Crippen LogP contribution in [0, 0.1) is 0 Å². The fourth-order valence-corrected chi connectivity index (χ4v) is 2.15. The quantitative estimate of drug-likeness (QED) is 0.322. The summed E-state index contributed by atoms with van der Waals surface area (Å²) in [5.41, 5.74) is 0. The molecule has 0 aliphatic heterocycles. The summed E-state index contributed by atoms with van der Waals surface area (Å²) in [6, 6.07) is 0. The van der Waals surface area contributed by atoms with Gasteiger partial charge in [0.25, 0.3) is 0 Å². The van der Waals surface area contributed by atoms with E-state index in [4.69, 9.17) is 4.74 Å². The Balaban J connectivity index is 4.03. The van der Waals surface area contributed by atoms with E-state index in [1.165, 1.54) is 18.9 Å². The van der Waals surface area contributed by atoms with Crippen molar-refractivity contribution in [1.29, 1.82) is 0 Å². The van der Waals surface area contributed by atoms with Crippen molar-refractivity contribution in [3.05, 3.63) is 12.2 Å². The van der Waals surface area contributed by atoms with E-state index in [0.717, 1.165) is 32.2 Å². The predicted octanol–water partition coefficient (Wildman–Crippen LogP) is 3.15. The highest BCUT2D eigenvalue weighted by Crippen LogP contribution is 2.06. The number of hydrogen-bond acceptors (Lipinski definition) is 4. The Bertz CT molecular complexity index is 279. The molecule has 1 atom stereocenters. The number of rotatable bonds is 13. The highest BCUT2D eigenvalue weighted by Gasteiger charge is 2.11. The molecule has 0 aromatic carbocycles. The van der Waals surface area contributed by atoms with Crippen LogP contribution in [0.2, 0.25) is 0 Å². The molecule has 0 fully saturated rings. The number of nitrogens with zero attached hydrogens (tertiary/aromatic N) is 1. The van der Waals surface area contributed by atoms with E-state index in [9.17, 15) is 9.90 Å². The van der Waals surface area contributed by atoms with E-state index in [2.05, 4.69) is 18.7 Å². The molecule has 0 bridgehead atoms. The van der Waals surface area contributed by atoms with E-state index in [1.807, 2.05) is 0 Å². The van der Waals surface area contributed by atoms with E-state index < -0.39 is 0 Å². The zero-order valence-electron chi connectivity index (χ0n) is 14.0. The summed E-state index contributed by atoms with van der Waals surface area (Å²) in [5, 5.41) is 10.1. The number of allylic oxidation sites excluding steroid dienone is 1. The molecule has 124 valence electrons. The van der Waals surface area contributed by atoms with Gasteiger partial charge in [-0.05, 0) is 26.3 Å². The number of esters is 1. The van der Waals surface area contributed by atoms with Crippen LogP contribution < -0.4 is 0 Å². The highest BCUT2D eigenvalue weighted by atomic mass is 16.5. The molecule has 0 aliphatic carbocycles. The van der Waals surface area contributed by atoms with Gasteiger partial charge in [-0.25, -0.2) is 4.79 Å². The van der Waals surface area contributed by atoms with Crippen molar-refractivity contribution < 1.29 is 14.6 Å². The van der Waals surface area contributed by atoms with Crippen LogP contribution in [-0.4, -0.2) is 48.3 Å². The summed E-state index contributed by atoms with van der Waals surface area (Å²) >= 11 is 0. The predicted molar refractivity (Wildman–Crippen MR) is 87.3 cm³/mol. The number of aliphatic hydroxyl groups excluding tert-OH is 1. The first-order valence-electron chi connectivity index (χ1n) is 8.33. The molecule has 0 saturated heterocycles. The Kier molecular flexibility index (Phi) is 13.5. The molecule has 0 aromatic heterocycles. The average molecular weight is 299 g/mol. The van der Waals surface area contributed by atoms with Gasteiger partial charge >= 0.3 is 5.97 Å². The first-order valence-corrected chi connectivity index (χ1v) is 8.33. The Morgan fingerprint density at radius 3 is 2.52 bits per heavy atom. The molecule has 0 amide bonds. The Morgan fingerprint density at radius 1 is 1.19 bits per heavy atom. The Morgan fingerprint density at radius 2 is 1.90 bits per heavy atom. The molecule has 0 aromatic rings. The van der Waals surface area contributed by atoms with E-state index in [-0.39, 0.29) is 12.1 Å². The Hall–Kier alpha value is -0.870. The van der Waals surface area contributed by atoms with Crippen LogP contribution in [0.1, 0.15) is 59.3 Å². The van der Waals surface area contributed by atoms with Crippen molar-refractivity contribution in [3.8, 4) is 0 Å². The summed E-state index contributed by atoms with van der Waals surface area (Å²) in [5.74, 6) is -0.295. The maximum absolute atomic E-state index is 11.3. The minimum Gasteiger partial charge on any atom is -0.461 e. The third-order valence-electron chi connectivity index (χ3n) is 3.39. The first-order chi connectivity index (χ1) is 10.1. The molecule has 21 heavy (non-hydrogen) atoms. The van der Waals surface area contributed by atoms with Gasteiger partial charge in [0, 0.05) is 19.2 Å². The minimum atomic E-state index is -0.295. The minimum absolute atomic E-state index is 0.278. The van der Waals surface area contributed by atoms with Crippen molar-refractivity contribution >= 4 is 5.97 Å². The molecule has 0 saturated carbocycles. The summed E-state index contributed by atoms with van der Waals surface area (Å²) in [4.78, 5) is 13.5. The average Bonchev–Trinajstić information content (AvgIpc) is 2.45. The smallest absolute Gasteiger partial charge is 0.330 e. The summed E-state index contributed by atoms with van der Waals surface area (Å²) < 4.78 is 5.12. The standard InChI is InChI=1S/C17H33NO3/c1-4-7-9-11-16(19)15-18(12-8-5-2)13-14-21-17(20)10-6-3/h6,10,16,19H,4-5,7-9,11-15H2,1-3H3/b10-6+. The molecule has 0 heterocycles. The molecule has 4 heteroatoms. The normalized spacial score (nSPS) is 13.0. The van der Waals surface area contributed by atoms with Crippen molar-refractivity contribution in [2.24, 2.45) is 0 Å². The third kappa shape index (κ3) is 12.6. The van der Waals surface area contributed by atoms with Crippen LogP contribution >= 0.6 is 0 Å². The molecule has 0 rings (SSSR count). The van der Waals surface area contributed by atoms with E-state index in [1.54, 1.807) is 13.0 Å². The monoisotopic (exact) mass is 299 g/mol. The van der Waals surface area contributed by atoms with Gasteiger partial charge in [0.15, 0.2) is 0 Å². The zero-order chi connectivity index (χ0) is 15.9. The lowest BCUT2D eigenvalue weighted by atomic mass is 10.1. The number of unbranched alkanes of at least 4 members (excludes halogenated alkanes) is 3. The van der Waals surface area contributed by atoms with E-state index in [0.29, 0.717) is 19.7 Å². The highest BCUT2D eigenvalue weighted by molar-refractivity contribution is 5.81. The van der Waals surface area contributed by atoms with Crippen molar-refractivity contribution in [3.63, 3.8) is 0 Å². The SMILES string of the molecule is C/C=C/C(=O)OCCN(CCCC)CC(O)CCCCC. The second-order valence-electron chi connectivity index (χ2n) is 5.47. The number of hydrogen-bond donors (Lipinski definition) is 1. The van der Waals surface area contributed by atoms with Gasteiger partial charge in [-0.3, -0.25) is 4.90 Å².